The van der Waals surface area contributed by atoms with Gasteiger partial charge in [-0.2, -0.15) is 0 Å². The molecule has 0 amide bonds. The van der Waals surface area contributed by atoms with E-state index in [0.717, 1.165) is 23.7 Å². The van der Waals surface area contributed by atoms with E-state index in [-0.39, 0.29) is 17.9 Å². The number of carbonyl (C=O) groups excluding carboxylic acids is 1. The highest BCUT2D eigenvalue weighted by Crippen LogP contribution is 2.21. The number of fused-ring (bicyclic) bond motifs is 3. The van der Waals surface area contributed by atoms with Crippen LogP contribution >= 0.6 is 0 Å². The number of imidazole rings is 1. The molecule has 22 heavy (non-hydrogen) atoms. The van der Waals surface area contributed by atoms with E-state index in [0.29, 0.717) is 17.6 Å². The Labute approximate surface area is 128 Å². The van der Waals surface area contributed by atoms with E-state index >= 15 is 0 Å². The first-order valence-corrected chi connectivity index (χ1v) is 7.59. The first-order valence-electron chi connectivity index (χ1n) is 7.59. The third-order valence-electron chi connectivity index (χ3n) is 3.86. The van der Waals surface area contributed by atoms with Crippen molar-refractivity contribution in [3.63, 3.8) is 0 Å². The summed E-state index contributed by atoms with van der Waals surface area (Å²) < 4.78 is 3.47. The van der Waals surface area contributed by atoms with E-state index < -0.39 is 0 Å². The third kappa shape index (κ3) is 2.32. The summed E-state index contributed by atoms with van der Waals surface area (Å²) in [6, 6.07) is 7.81. The van der Waals surface area contributed by atoms with Gasteiger partial charge in [-0.05, 0) is 19.4 Å². The van der Waals surface area contributed by atoms with Crippen LogP contribution < -0.4 is 5.56 Å². The Morgan fingerprint density at radius 3 is 2.77 bits per heavy atom. The number of carbonyl (C=O) groups is 1. The highest BCUT2D eigenvalue weighted by molar-refractivity contribution is 6.02. The second-order valence-electron chi connectivity index (χ2n) is 5.60. The molecule has 0 fully saturated rings. The molecule has 2 heterocycles. The number of ketones is 1. The van der Waals surface area contributed by atoms with Gasteiger partial charge in [0.15, 0.2) is 0 Å². The van der Waals surface area contributed by atoms with Crippen molar-refractivity contribution in [3.8, 4) is 0 Å². The van der Waals surface area contributed by atoms with Crippen molar-refractivity contribution in [2.24, 2.45) is 0 Å². The highest BCUT2D eigenvalue weighted by atomic mass is 16.1. The van der Waals surface area contributed by atoms with Crippen molar-refractivity contribution < 1.29 is 4.79 Å². The fraction of sp³-hybridized carbons (Fsp3) is 0.353. The first-order chi connectivity index (χ1) is 10.6. The van der Waals surface area contributed by atoms with Gasteiger partial charge in [-0.1, -0.05) is 31.5 Å². The summed E-state index contributed by atoms with van der Waals surface area (Å²) in [5.41, 5.74) is 2.03. The van der Waals surface area contributed by atoms with Crippen molar-refractivity contribution in [2.75, 3.05) is 0 Å². The smallest absolute Gasteiger partial charge is 0.277 e. The van der Waals surface area contributed by atoms with Gasteiger partial charge in [0, 0.05) is 11.9 Å². The number of benzene rings is 1. The molecule has 0 bridgehead atoms. The molecule has 0 aliphatic carbocycles. The molecule has 0 aliphatic heterocycles. The molecule has 5 nitrogen and oxygen atoms in total. The number of pyridine rings is 1. The lowest BCUT2D eigenvalue weighted by molar-refractivity contribution is -0.117. The van der Waals surface area contributed by atoms with Crippen LogP contribution in [0.3, 0.4) is 0 Å². The number of Topliss-reactive ketones (excluding diaryl/α,β-unsaturated/α-hetero) is 1. The maximum atomic E-state index is 12.9. The van der Waals surface area contributed by atoms with E-state index in [4.69, 9.17) is 0 Å². The maximum absolute atomic E-state index is 12.9. The lowest BCUT2D eigenvalue weighted by Gasteiger charge is -2.11. The molecule has 0 spiro atoms. The summed E-state index contributed by atoms with van der Waals surface area (Å²) in [4.78, 5) is 28.7. The molecule has 0 aliphatic rings. The van der Waals surface area contributed by atoms with Crippen molar-refractivity contribution in [2.45, 2.75) is 39.8 Å². The zero-order valence-corrected chi connectivity index (χ0v) is 12.9. The molecule has 0 atom stereocenters. The normalized spacial score (nSPS) is 11.4. The Kier molecular flexibility index (Phi) is 3.79. The molecule has 0 unspecified atom stereocenters. The van der Waals surface area contributed by atoms with Gasteiger partial charge in [0.2, 0.25) is 0 Å². The van der Waals surface area contributed by atoms with Gasteiger partial charge in [-0.3, -0.25) is 9.59 Å². The molecule has 0 radical (unpaired) electrons. The van der Waals surface area contributed by atoms with Gasteiger partial charge < -0.3 is 9.13 Å². The number of hydrogen-bond acceptors (Lipinski definition) is 3. The van der Waals surface area contributed by atoms with Crippen LogP contribution in [-0.2, 0) is 17.9 Å². The standard InChI is InChI=1S/C17H19N3O2/c1-3-4-9-20-14-8-6-5-7-13(14)15-16(17(20)22)19(11-18-15)10-12(2)21/h5-8,11H,3-4,9-10H2,1-2H3. The Balaban J connectivity index is 2.36. The SMILES string of the molecule is CCCCn1c(=O)c2c(ncn2CC(C)=O)c2ccccc21. The second kappa shape index (κ2) is 5.75. The molecular formula is C17H19N3O2. The lowest BCUT2D eigenvalue weighted by atomic mass is 10.1. The predicted molar refractivity (Wildman–Crippen MR) is 87.1 cm³/mol. The van der Waals surface area contributed by atoms with E-state index in [1.807, 2.05) is 24.3 Å². The first kappa shape index (κ1) is 14.5. The van der Waals surface area contributed by atoms with Crippen molar-refractivity contribution in [3.05, 3.63) is 40.9 Å². The summed E-state index contributed by atoms with van der Waals surface area (Å²) in [6.07, 6.45) is 3.55. The Morgan fingerprint density at radius 1 is 1.27 bits per heavy atom. The Bertz CT molecular complexity index is 905. The van der Waals surface area contributed by atoms with Crippen LogP contribution in [0.4, 0.5) is 0 Å². The molecule has 114 valence electrons. The van der Waals surface area contributed by atoms with Crippen molar-refractivity contribution in [1.29, 1.82) is 0 Å². The molecule has 3 aromatic rings. The summed E-state index contributed by atoms with van der Waals surface area (Å²) in [7, 11) is 0. The predicted octanol–water partition coefficient (Wildman–Crippen LogP) is 2.74. The molecule has 2 aromatic heterocycles. The molecule has 0 saturated carbocycles. The summed E-state index contributed by atoms with van der Waals surface area (Å²) in [5.74, 6) is 0.00645. The van der Waals surface area contributed by atoms with Gasteiger partial charge in [-0.25, -0.2) is 4.98 Å². The average Bonchev–Trinajstić information content (AvgIpc) is 2.91. The number of aryl methyl sites for hydroxylation is 1. The fourth-order valence-corrected chi connectivity index (χ4v) is 2.85. The summed E-state index contributed by atoms with van der Waals surface area (Å²) >= 11 is 0. The van der Waals surface area contributed by atoms with Crippen LogP contribution in [0.2, 0.25) is 0 Å². The Morgan fingerprint density at radius 2 is 2.05 bits per heavy atom. The summed E-state index contributed by atoms with van der Waals surface area (Å²) in [5, 5.41) is 0.954. The fourth-order valence-electron chi connectivity index (χ4n) is 2.85. The molecule has 1 aromatic carbocycles. The monoisotopic (exact) mass is 297 g/mol. The quantitative estimate of drug-likeness (QED) is 0.727. The number of nitrogens with zero attached hydrogens (tertiary/aromatic N) is 3. The van der Waals surface area contributed by atoms with Crippen LogP contribution in [0.1, 0.15) is 26.7 Å². The summed E-state index contributed by atoms with van der Waals surface area (Å²) in [6.45, 7) is 4.48. The van der Waals surface area contributed by atoms with Gasteiger partial charge in [-0.15, -0.1) is 0 Å². The number of aromatic nitrogens is 3. The minimum absolute atomic E-state index is 0.00645. The van der Waals surface area contributed by atoms with Gasteiger partial charge in [0.25, 0.3) is 5.56 Å². The number of rotatable bonds is 5. The largest absolute Gasteiger partial charge is 0.319 e. The van der Waals surface area contributed by atoms with Gasteiger partial charge in [0.05, 0.1) is 18.4 Å². The van der Waals surface area contributed by atoms with Crippen LogP contribution in [-0.4, -0.2) is 19.9 Å². The number of para-hydroxylation sites is 1. The van der Waals surface area contributed by atoms with Crippen LogP contribution in [0.25, 0.3) is 21.9 Å². The topological polar surface area (TPSA) is 56.9 Å². The third-order valence-corrected chi connectivity index (χ3v) is 3.86. The van der Waals surface area contributed by atoms with Gasteiger partial charge >= 0.3 is 0 Å². The van der Waals surface area contributed by atoms with Crippen molar-refractivity contribution in [1.82, 2.24) is 14.1 Å². The minimum atomic E-state index is -0.0686. The van der Waals surface area contributed by atoms with E-state index in [1.165, 1.54) is 6.92 Å². The number of unbranched alkanes of at least 4 members (excludes halogenated alkanes) is 1. The molecular weight excluding hydrogens is 278 g/mol. The zero-order chi connectivity index (χ0) is 15.7. The van der Waals surface area contributed by atoms with E-state index in [2.05, 4.69) is 11.9 Å². The molecule has 5 heteroatoms. The average molecular weight is 297 g/mol. The minimum Gasteiger partial charge on any atom is -0.319 e. The van der Waals surface area contributed by atoms with Crippen molar-refractivity contribution >= 4 is 27.7 Å². The Hall–Kier alpha value is -2.43. The zero-order valence-electron chi connectivity index (χ0n) is 12.9. The molecule has 0 N–H and O–H groups in total. The van der Waals surface area contributed by atoms with Crippen LogP contribution in [0.15, 0.2) is 35.4 Å². The molecule has 3 rings (SSSR count). The molecule has 0 saturated heterocycles. The lowest BCUT2D eigenvalue weighted by Crippen LogP contribution is -2.23. The highest BCUT2D eigenvalue weighted by Gasteiger charge is 2.15. The maximum Gasteiger partial charge on any atom is 0.277 e. The van der Waals surface area contributed by atoms with E-state index in [1.54, 1.807) is 15.5 Å². The second-order valence-corrected chi connectivity index (χ2v) is 5.60. The van der Waals surface area contributed by atoms with Crippen LogP contribution in [0.5, 0.6) is 0 Å². The van der Waals surface area contributed by atoms with E-state index in [9.17, 15) is 9.59 Å². The van der Waals surface area contributed by atoms with Gasteiger partial charge in [0.1, 0.15) is 16.8 Å². The number of hydrogen-bond donors (Lipinski definition) is 0. The van der Waals surface area contributed by atoms with Crippen LogP contribution in [0, 0.1) is 0 Å².